The van der Waals surface area contributed by atoms with E-state index in [1.807, 2.05) is 42.2 Å². The lowest BCUT2D eigenvalue weighted by Gasteiger charge is -2.38. The Morgan fingerprint density at radius 3 is 2.65 bits per heavy atom. The molecule has 2 heterocycles. The monoisotopic (exact) mass is 314 g/mol. The van der Waals surface area contributed by atoms with Crippen molar-refractivity contribution in [2.45, 2.75) is 77.1 Å². The van der Waals surface area contributed by atoms with E-state index in [1.54, 1.807) is 0 Å². The lowest BCUT2D eigenvalue weighted by molar-refractivity contribution is 0.135. The summed E-state index contributed by atoms with van der Waals surface area (Å²) >= 11 is 0. The summed E-state index contributed by atoms with van der Waals surface area (Å²) in [4.78, 5) is 4.07. The van der Waals surface area contributed by atoms with E-state index in [2.05, 4.69) is 17.9 Å². The fraction of sp³-hybridized carbons (Fsp3) is 0.619. The first kappa shape index (κ1) is 11.3. The van der Waals surface area contributed by atoms with Crippen LogP contribution in [0.5, 0.6) is 0 Å². The second-order valence-electron chi connectivity index (χ2n) is 7.32. The Morgan fingerprint density at radius 1 is 1.13 bits per heavy atom. The summed E-state index contributed by atoms with van der Waals surface area (Å²) in [7, 11) is 0. The number of anilines is 1. The van der Waals surface area contributed by atoms with Gasteiger partial charge in [-0.05, 0) is 51.1 Å². The molecule has 124 valence electrons. The average Bonchev–Trinajstić information content (AvgIpc) is 3.13. The minimum Gasteiger partial charge on any atom is -0.351 e. The van der Waals surface area contributed by atoms with Gasteiger partial charge in [-0.15, -0.1) is 0 Å². The van der Waals surface area contributed by atoms with Crippen molar-refractivity contribution >= 4 is 5.69 Å². The van der Waals surface area contributed by atoms with Crippen LogP contribution in [0.2, 0.25) is 0 Å². The van der Waals surface area contributed by atoms with Gasteiger partial charge in [0.15, 0.2) is 0 Å². The number of hydrogen-bond acceptors (Lipinski definition) is 2. The van der Waals surface area contributed by atoms with Crippen molar-refractivity contribution in [3.05, 3.63) is 42.0 Å². The van der Waals surface area contributed by atoms with Gasteiger partial charge in [-0.2, -0.15) is 0 Å². The molecule has 1 saturated carbocycles. The minimum atomic E-state index is -2.18. The molecule has 23 heavy (non-hydrogen) atoms. The first-order chi connectivity index (χ1) is 12.7. The van der Waals surface area contributed by atoms with Crippen molar-refractivity contribution in [2.75, 3.05) is 4.90 Å². The van der Waals surface area contributed by atoms with Gasteiger partial charge in [0, 0.05) is 21.9 Å². The van der Waals surface area contributed by atoms with E-state index in [-0.39, 0.29) is 18.0 Å². The molecule has 0 amide bonds. The van der Waals surface area contributed by atoms with Gasteiger partial charge in [-0.1, -0.05) is 49.6 Å². The highest BCUT2D eigenvalue weighted by atomic mass is 15.5. The molecule has 0 bridgehead atoms. The first-order valence-electron chi connectivity index (χ1n) is 11.1. The summed E-state index contributed by atoms with van der Waals surface area (Å²) in [5.41, 5.74) is 2.05. The molecule has 1 aliphatic carbocycles. The summed E-state index contributed by atoms with van der Waals surface area (Å²) in [6, 6.07) is 7.07. The number of benzene rings is 1. The summed E-state index contributed by atoms with van der Waals surface area (Å²) in [6.45, 7) is 1.96. The Labute approximate surface area is 146 Å². The van der Waals surface area contributed by atoms with Crippen molar-refractivity contribution in [1.82, 2.24) is 4.90 Å². The van der Waals surface area contributed by atoms with Gasteiger partial charge in [0.1, 0.15) is 0 Å². The molecule has 4 atom stereocenters. The van der Waals surface area contributed by atoms with Gasteiger partial charge in [0.2, 0.25) is 0 Å². The van der Waals surface area contributed by atoms with Gasteiger partial charge < -0.3 is 4.90 Å². The van der Waals surface area contributed by atoms with Gasteiger partial charge in [0.25, 0.3) is 0 Å². The van der Waals surface area contributed by atoms with E-state index in [1.165, 1.54) is 6.42 Å². The number of nitrogens with zero attached hydrogens (tertiary/aromatic N) is 2. The Balaban J connectivity index is 1.79. The highest BCUT2D eigenvalue weighted by Gasteiger charge is 2.48. The lowest BCUT2D eigenvalue weighted by atomic mass is 9.83. The molecule has 0 spiro atoms. The van der Waals surface area contributed by atoms with Gasteiger partial charge >= 0.3 is 0 Å². The van der Waals surface area contributed by atoms with E-state index in [0.717, 1.165) is 36.9 Å². The van der Waals surface area contributed by atoms with Crippen molar-refractivity contribution in [1.29, 1.82) is 0 Å². The molecule has 0 radical (unpaired) electrons. The van der Waals surface area contributed by atoms with Crippen LogP contribution in [0, 0.1) is 12.8 Å². The van der Waals surface area contributed by atoms with Crippen molar-refractivity contribution < 1.29 is 5.48 Å². The van der Waals surface area contributed by atoms with Crippen LogP contribution in [0.15, 0.2) is 36.4 Å². The number of para-hydroxylation sites is 1. The Hall–Kier alpha value is -1.28. The number of hydrogen-bond donors (Lipinski definition) is 0. The third-order valence-corrected chi connectivity index (χ3v) is 5.96. The van der Waals surface area contributed by atoms with E-state index in [0.29, 0.717) is 0 Å². The van der Waals surface area contributed by atoms with Gasteiger partial charge in [-0.3, -0.25) is 4.90 Å². The average molecular weight is 315 g/mol. The van der Waals surface area contributed by atoms with Crippen LogP contribution in [0.1, 0.15) is 56.9 Å². The van der Waals surface area contributed by atoms with Crippen molar-refractivity contribution in [3.8, 4) is 0 Å². The molecule has 2 aliphatic heterocycles. The number of fused-ring (bicyclic) bond motifs is 1. The molecule has 1 aromatic rings. The first-order valence-corrected chi connectivity index (χ1v) is 9.07. The summed E-state index contributed by atoms with van der Waals surface area (Å²) in [5, 5.41) is 0. The standard InChI is InChI=1S/C21H30N2/c1-15-9-7-8-12-19(15)22-16(2)20-13-14-21(23(20)17(22)3)18-10-5-4-6-11-18/h7-9,12-14,16-18,20-21H,4-6,10-11H2,1-3H3/t16-,17?,20?,21?/m0/s1/i3D3,21D. The normalized spacial score (nSPS) is 41.3. The molecular weight excluding hydrogens is 280 g/mol. The van der Waals surface area contributed by atoms with E-state index >= 15 is 0 Å². The maximum absolute atomic E-state index is 9.37. The molecule has 1 aromatic carbocycles. The molecule has 4 rings (SSSR count). The summed E-state index contributed by atoms with van der Waals surface area (Å²) in [5.74, 6) is 0.210. The molecule has 2 heteroatoms. The Kier molecular flexibility index (Phi) is 2.94. The second kappa shape index (κ2) is 5.98. The maximum atomic E-state index is 9.37. The smallest absolute Gasteiger partial charge is 0.0806 e. The third kappa shape index (κ3) is 2.42. The SMILES string of the molecule is [2H]C([2H])([2H])C1N(c2ccccc2C)[C@@H](C)C2C=CC([2H])(C3CCCCC3)N21. The van der Waals surface area contributed by atoms with Gasteiger partial charge in [-0.25, -0.2) is 0 Å². The van der Waals surface area contributed by atoms with Crippen LogP contribution in [0.4, 0.5) is 5.69 Å². The highest BCUT2D eigenvalue weighted by Crippen LogP contribution is 2.42. The summed E-state index contributed by atoms with van der Waals surface area (Å²) in [6.07, 6.45) is 8.89. The van der Waals surface area contributed by atoms with Crippen LogP contribution in [0.25, 0.3) is 0 Å². The third-order valence-electron chi connectivity index (χ3n) is 5.96. The predicted molar refractivity (Wildman–Crippen MR) is 97.7 cm³/mol. The van der Waals surface area contributed by atoms with E-state index in [9.17, 15) is 1.37 Å². The van der Waals surface area contributed by atoms with Crippen LogP contribution >= 0.6 is 0 Å². The highest BCUT2D eigenvalue weighted by molar-refractivity contribution is 5.56. The topological polar surface area (TPSA) is 6.48 Å². The molecule has 0 aromatic heterocycles. The maximum Gasteiger partial charge on any atom is 0.0806 e. The van der Waals surface area contributed by atoms with Gasteiger partial charge in [0.05, 0.1) is 13.6 Å². The van der Waals surface area contributed by atoms with Crippen LogP contribution in [0.3, 0.4) is 0 Å². The summed E-state index contributed by atoms with van der Waals surface area (Å²) < 4.78 is 34.4. The molecule has 2 fully saturated rings. The fourth-order valence-corrected chi connectivity index (χ4v) is 4.72. The molecule has 0 N–H and O–H groups in total. The molecule has 1 saturated heterocycles. The molecular formula is C21H30N2. The quantitative estimate of drug-likeness (QED) is 0.728. The zero-order chi connectivity index (χ0) is 19.4. The second-order valence-corrected chi connectivity index (χ2v) is 7.32. The van der Waals surface area contributed by atoms with Crippen molar-refractivity contribution in [3.63, 3.8) is 0 Å². The number of rotatable bonds is 2. The van der Waals surface area contributed by atoms with Crippen molar-refractivity contribution in [2.24, 2.45) is 5.92 Å². The number of aryl methyl sites for hydroxylation is 1. The Morgan fingerprint density at radius 2 is 1.91 bits per heavy atom. The largest absolute Gasteiger partial charge is 0.351 e. The Bertz CT molecular complexity index is 725. The molecule has 3 aliphatic rings. The fourth-order valence-electron chi connectivity index (χ4n) is 4.72. The van der Waals surface area contributed by atoms with Crippen LogP contribution < -0.4 is 4.90 Å². The van der Waals surface area contributed by atoms with E-state index < -0.39 is 19.0 Å². The molecule has 3 unspecified atom stereocenters. The zero-order valence-corrected chi connectivity index (χ0v) is 14.2. The van der Waals surface area contributed by atoms with Crippen LogP contribution in [-0.4, -0.2) is 29.2 Å². The molecule has 2 nitrogen and oxygen atoms in total. The predicted octanol–water partition coefficient (Wildman–Crippen LogP) is 4.74. The lowest BCUT2D eigenvalue weighted by Crippen LogP contribution is -2.45. The van der Waals surface area contributed by atoms with E-state index in [4.69, 9.17) is 4.11 Å². The zero-order valence-electron chi connectivity index (χ0n) is 18.2. The minimum absolute atomic E-state index is 0.0172. The van der Waals surface area contributed by atoms with Crippen LogP contribution in [-0.2, 0) is 0 Å².